The van der Waals surface area contributed by atoms with Crippen LogP contribution in [0.5, 0.6) is 11.6 Å². The van der Waals surface area contributed by atoms with Gasteiger partial charge in [-0.15, -0.1) is 0 Å². The van der Waals surface area contributed by atoms with Gasteiger partial charge in [0.15, 0.2) is 0 Å². The summed E-state index contributed by atoms with van der Waals surface area (Å²) in [5.41, 5.74) is 4.50. The first kappa shape index (κ1) is 26.2. The molecule has 0 saturated heterocycles. The molecule has 7 nitrogen and oxygen atoms in total. The zero-order chi connectivity index (χ0) is 26.4. The lowest BCUT2D eigenvalue weighted by Crippen LogP contribution is -2.23. The van der Waals surface area contributed by atoms with Crippen LogP contribution in [-0.4, -0.2) is 39.4 Å². The summed E-state index contributed by atoms with van der Waals surface area (Å²) < 4.78 is 19.0. The van der Waals surface area contributed by atoms with E-state index in [0.29, 0.717) is 12.3 Å². The van der Waals surface area contributed by atoms with E-state index in [-0.39, 0.29) is 12.1 Å². The van der Waals surface area contributed by atoms with Crippen LogP contribution in [-0.2, 0) is 9.53 Å². The average molecular weight is 502 g/mol. The Morgan fingerprint density at radius 3 is 2.41 bits per heavy atom. The van der Waals surface area contributed by atoms with Crippen molar-refractivity contribution in [2.45, 2.75) is 65.1 Å². The Morgan fingerprint density at radius 1 is 1.00 bits per heavy atom. The molecule has 0 bridgehead atoms. The van der Waals surface area contributed by atoms with Gasteiger partial charge < -0.3 is 14.2 Å². The Morgan fingerprint density at radius 2 is 1.73 bits per heavy atom. The van der Waals surface area contributed by atoms with Crippen LogP contribution in [0.2, 0.25) is 0 Å². The van der Waals surface area contributed by atoms with Crippen molar-refractivity contribution in [2.24, 2.45) is 0 Å². The van der Waals surface area contributed by atoms with Crippen molar-refractivity contribution < 1.29 is 19.0 Å². The number of fused-ring (bicyclic) bond motifs is 1. The highest BCUT2D eigenvalue weighted by Crippen LogP contribution is 2.40. The molecule has 7 heteroatoms. The standard InChI is InChI=1S/C30H35N3O4/c1-21(11-9-10-14-26(34)37-30(2,3)4)36-29-28-27(23-15-17-24(35-5)18-16-23)25(19-33(28)32-20-31-29)22-12-7-6-8-13-22/h6-8,12-13,15-21H,9-11,14H2,1-5H3/t21-/m1/s1. The highest BCUT2D eigenvalue weighted by atomic mass is 16.6. The van der Waals surface area contributed by atoms with Gasteiger partial charge in [0.1, 0.15) is 23.2 Å². The predicted molar refractivity (Wildman–Crippen MR) is 145 cm³/mol. The molecule has 37 heavy (non-hydrogen) atoms. The number of aromatic nitrogens is 3. The monoisotopic (exact) mass is 501 g/mol. The summed E-state index contributed by atoms with van der Waals surface area (Å²) in [6.07, 6.45) is 6.25. The van der Waals surface area contributed by atoms with Crippen molar-refractivity contribution in [2.75, 3.05) is 7.11 Å². The third-order valence-electron chi connectivity index (χ3n) is 5.98. The molecule has 0 amide bonds. The molecule has 0 radical (unpaired) electrons. The molecule has 0 aliphatic rings. The van der Waals surface area contributed by atoms with Crippen LogP contribution < -0.4 is 9.47 Å². The van der Waals surface area contributed by atoms with Crippen molar-refractivity contribution in [3.63, 3.8) is 0 Å². The van der Waals surface area contributed by atoms with Crippen LogP contribution in [0.4, 0.5) is 0 Å². The van der Waals surface area contributed by atoms with Gasteiger partial charge in [-0.1, -0.05) is 42.5 Å². The molecule has 0 fully saturated rings. The van der Waals surface area contributed by atoms with E-state index in [1.54, 1.807) is 7.11 Å². The average Bonchev–Trinajstić information content (AvgIpc) is 3.27. The number of nitrogens with zero attached hydrogens (tertiary/aromatic N) is 3. The molecule has 0 aliphatic carbocycles. The van der Waals surface area contributed by atoms with E-state index in [1.165, 1.54) is 6.33 Å². The lowest BCUT2D eigenvalue weighted by atomic mass is 9.97. The maximum atomic E-state index is 12.0. The highest BCUT2D eigenvalue weighted by Gasteiger charge is 2.21. The van der Waals surface area contributed by atoms with Crippen LogP contribution in [0.15, 0.2) is 67.1 Å². The minimum absolute atomic E-state index is 0.0869. The number of hydrogen-bond donors (Lipinski definition) is 0. The number of benzene rings is 2. The van der Waals surface area contributed by atoms with Crippen LogP contribution in [0.3, 0.4) is 0 Å². The third-order valence-corrected chi connectivity index (χ3v) is 5.98. The zero-order valence-electron chi connectivity index (χ0n) is 22.2. The largest absolute Gasteiger partial charge is 0.497 e. The quantitative estimate of drug-likeness (QED) is 0.177. The first-order chi connectivity index (χ1) is 17.7. The fourth-order valence-corrected chi connectivity index (χ4v) is 4.30. The molecule has 0 unspecified atom stereocenters. The molecule has 1 atom stereocenters. The molecule has 2 heterocycles. The maximum Gasteiger partial charge on any atom is 0.306 e. The van der Waals surface area contributed by atoms with Crippen molar-refractivity contribution in [3.05, 3.63) is 67.1 Å². The van der Waals surface area contributed by atoms with Crippen LogP contribution in [0, 0.1) is 0 Å². The SMILES string of the molecule is COc1ccc(-c2c(-c3ccccc3)cn3ncnc(O[C@H](C)CCCCC(=O)OC(C)(C)C)c23)cc1. The van der Waals surface area contributed by atoms with Gasteiger partial charge in [-0.2, -0.15) is 10.1 Å². The fourth-order valence-electron chi connectivity index (χ4n) is 4.30. The molecule has 0 spiro atoms. The van der Waals surface area contributed by atoms with Gasteiger partial charge in [-0.25, -0.2) is 4.52 Å². The van der Waals surface area contributed by atoms with E-state index < -0.39 is 5.60 Å². The Bertz CT molecular complexity index is 1320. The summed E-state index contributed by atoms with van der Waals surface area (Å²) in [6, 6.07) is 18.2. The van der Waals surface area contributed by atoms with E-state index >= 15 is 0 Å². The Kier molecular flexibility index (Phi) is 8.11. The second-order valence-corrected chi connectivity index (χ2v) is 10.1. The van der Waals surface area contributed by atoms with Crippen LogP contribution in [0.1, 0.15) is 53.4 Å². The van der Waals surface area contributed by atoms with Gasteiger partial charge in [0.2, 0.25) is 5.88 Å². The van der Waals surface area contributed by atoms with E-state index in [1.807, 2.05) is 80.9 Å². The second kappa shape index (κ2) is 11.5. The number of carbonyl (C=O) groups excluding carboxylic acids is 1. The van der Waals surface area contributed by atoms with Gasteiger partial charge in [0.25, 0.3) is 0 Å². The van der Waals surface area contributed by atoms with Gasteiger partial charge in [-0.05, 0) is 70.2 Å². The topological polar surface area (TPSA) is 75.0 Å². The summed E-state index contributed by atoms with van der Waals surface area (Å²) in [5, 5.41) is 4.49. The molecule has 0 N–H and O–H groups in total. The zero-order valence-corrected chi connectivity index (χ0v) is 22.2. The van der Waals surface area contributed by atoms with Crippen molar-refractivity contribution in [1.82, 2.24) is 14.6 Å². The third kappa shape index (κ3) is 6.67. The lowest BCUT2D eigenvalue weighted by Gasteiger charge is -2.19. The second-order valence-electron chi connectivity index (χ2n) is 10.1. The molecule has 4 rings (SSSR count). The lowest BCUT2D eigenvalue weighted by molar-refractivity contribution is -0.154. The first-order valence-corrected chi connectivity index (χ1v) is 12.7. The molecular weight excluding hydrogens is 466 g/mol. The van der Waals surface area contributed by atoms with Crippen LogP contribution >= 0.6 is 0 Å². The number of carbonyl (C=O) groups is 1. The number of hydrogen-bond acceptors (Lipinski definition) is 6. The number of rotatable bonds is 10. The Balaban J connectivity index is 1.58. The minimum Gasteiger partial charge on any atom is -0.497 e. The van der Waals surface area contributed by atoms with E-state index in [9.17, 15) is 4.79 Å². The fraction of sp³-hybridized carbons (Fsp3) is 0.367. The minimum atomic E-state index is -0.455. The van der Waals surface area contributed by atoms with Gasteiger partial charge in [-0.3, -0.25) is 4.79 Å². The molecular formula is C30H35N3O4. The van der Waals surface area contributed by atoms with E-state index in [2.05, 4.69) is 22.2 Å². The highest BCUT2D eigenvalue weighted by molar-refractivity contribution is 5.96. The normalized spacial score (nSPS) is 12.4. The summed E-state index contributed by atoms with van der Waals surface area (Å²) >= 11 is 0. The van der Waals surface area contributed by atoms with Gasteiger partial charge >= 0.3 is 5.97 Å². The molecule has 0 aliphatic heterocycles. The predicted octanol–water partition coefficient (Wildman–Crippen LogP) is 6.74. The number of esters is 1. The summed E-state index contributed by atoms with van der Waals surface area (Å²) in [5.74, 6) is 1.16. The maximum absolute atomic E-state index is 12.0. The van der Waals surface area contributed by atoms with Gasteiger partial charge in [0.05, 0.1) is 13.2 Å². The first-order valence-electron chi connectivity index (χ1n) is 12.7. The Labute approximate surface area is 218 Å². The van der Waals surface area contributed by atoms with Gasteiger partial charge in [0, 0.05) is 23.7 Å². The van der Waals surface area contributed by atoms with Crippen molar-refractivity contribution >= 4 is 11.5 Å². The number of ether oxygens (including phenoxy) is 3. The summed E-state index contributed by atoms with van der Waals surface area (Å²) in [7, 11) is 1.66. The van der Waals surface area contributed by atoms with Crippen LogP contribution in [0.25, 0.3) is 27.8 Å². The Hall–Kier alpha value is -3.87. The molecule has 2 aromatic carbocycles. The molecule has 2 aromatic heterocycles. The van der Waals surface area contributed by atoms with E-state index in [0.717, 1.165) is 52.8 Å². The number of unbranched alkanes of at least 4 members (excludes halogenated alkanes) is 1. The van der Waals surface area contributed by atoms with Crippen molar-refractivity contribution in [3.8, 4) is 33.9 Å². The molecule has 0 saturated carbocycles. The van der Waals surface area contributed by atoms with E-state index in [4.69, 9.17) is 14.2 Å². The molecule has 194 valence electrons. The smallest absolute Gasteiger partial charge is 0.306 e. The van der Waals surface area contributed by atoms with Crippen molar-refractivity contribution in [1.29, 1.82) is 0 Å². The summed E-state index contributed by atoms with van der Waals surface area (Å²) in [6.45, 7) is 7.68. The molecule has 4 aromatic rings. The summed E-state index contributed by atoms with van der Waals surface area (Å²) in [4.78, 5) is 16.5. The number of methoxy groups -OCH3 is 1.